The Kier molecular flexibility index (Phi) is 2.86. The van der Waals surface area contributed by atoms with Crippen LogP contribution in [0.3, 0.4) is 0 Å². The maximum absolute atomic E-state index is 10.5. The first-order chi connectivity index (χ1) is 6.47. The third kappa shape index (κ3) is 2.09. The Hall–Kier alpha value is -1.42. The summed E-state index contributed by atoms with van der Waals surface area (Å²) >= 11 is 0. The van der Waals surface area contributed by atoms with E-state index < -0.39 is 10.3 Å². The topological polar surface area (TPSA) is 63.4 Å². The van der Waals surface area contributed by atoms with Crippen molar-refractivity contribution in [2.75, 3.05) is 6.61 Å². The molecule has 0 aliphatic heterocycles. The molecular formula is C10H13NO3. The van der Waals surface area contributed by atoms with E-state index in [4.69, 9.17) is 5.11 Å². The second kappa shape index (κ2) is 3.75. The zero-order valence-corrected chi connectivity index (χ0v) is 8.23. The molecule has 0 fully saturated rings. The number of nitrogens with zero attached hydrogens (tertiary/aromatic N) is 1. The zero-order chi connectivity index (χ0) is 10.8. The van der Waals surface area contributed by atoms with Gasteiger partial charge >= 0.3 is 0 Å². The van der Waals surface area contributed by atoms with E-state index in [1.807, 2.05) is 13.8 Å². The van der Waals surface area contributed by atoms with Gasteiger partial charge in [-0.1, -0.05) is 26.0 Å². The molecule has 1 N–H and O–H groups in total. The van der Waals surface area contributed by atoms with Crippen molar-refractivity contribution >= 4 is 5.69 Å². The molecule has 14 heavy (non-hydrogen) atoms. The third-order valence-electron chi connectivity index (χ3n) is 2.23. The molecule has 0 spiro atoms. The van der Waals surface area contributed by atoms with Crippen LogP contribution in [0.4, 0.5) is 5.69 Å². The van der Waals surface area contributed by atoms with Crippen LogP contribution >= 0.6 is 0 Å². The number of nitro groups is 1. The summed E-state index contributed by atoms with van der Waals surface area (Å²) in [4.78, 5) is 10.1. The molecule has 0 saturated heterocycles. The first kappa shape index (κ1) is 10.7. The maximum atomic E-state index is 10.5. The van der Waals surface area contributed by atoms with Crippen LogP contribution in [0, 0.1) is 10.1 Å². The van der Waals surface area contributed by atoms with Gasteiger partial charge in [0.15, 0.2) is 0 Å². The molecule has 0 amide bonds. The minimum atomic E-state index is -0.438. The molecule has 76 valence electrons. The highest BCUT2D eigenvalue weighted by Crippen LogP contribution is 2.25. The Morgan fingerprint density at radius 2 is 2.14 bits per heavy atom. The van der Waals surface area contributed by atoms with E-state index >= 15 is 0 Å². The molecule has 0 atom stereocenters. The molecule has 1 aromatic carbocycles. The van der Waals surface area contributed by atoms with Crippen molar-refractivity contribution in [1.29, 1.82) is 0 Å². The van der Waals surface area contributed by atoms with Crippen LogP contribution in [0.15, 0.2) is 24.3 Å². The summed E-state index contributed by atoms with van der Waals surface area (Å²) in [5.74, 6) is 0. The smallest absolute Gasteiger partial charge is 0.269 e. The van der Waals surface area contributed by atoms with E-state index in [9.17, 15) is 10.1 Å². The SMILES string of the molecule is CC(C)(CO)c1cccc([N+](=O)[O-])c1. The maximum Gasteiger partial charge on any atom is 0.269 e. The molecule has 0 heterocycles. The zero-order valence-electron chi connectivity index (χ0n) is 8.23. The number of aliphatic hydroxyl groups excluding tert-OH is 1. The molecule has 0 bridgehead atoms. The normalized spacial score (nSPS) is 11.4. The fourth-order valence-corrected chi connectivity index (χ4v) is 1.13. The van der Waals surface area contributed by atoms with Gasteiger partial charge in [-0.15, -0.1) is 0 Å². The van der Waals surface area contributed by atoms with Crippen LogP contribution in [0.5, 0.6) is 0 Å². The lowest BCUT2D eigenvalue weighted by molar-refractivity contribution is -0.385. The van der Waals surface area contributed by atoms with Crippen molar-refractivity contribution in [2.45, 2.75) is 19.3 Å². The molecular weight excluding hydrogens is 182 g/mol. The van der Waals surface area contributed by atoms with Gasteiger partial charge in [0.1, 0.15) is 0 Å². The largest absolute Gasteiger partial charge is 0.395 e. The number of aliphatic hydroxyl groups is 1. The number of benzene rings is 1. The lowest BCUT2D eigenvalue weighted by Gasteiger charge is -2.21. The van der Waals surface area contributed by atoms with Gasteiger partial charge in [-0.3, -0.25) is 10.1 Å². The summed E-state index contributed by atoms with van der Waals surface area (Å²) in [6.07, 6.45) is 0. The van der Waals surface area contributed by atoms with Gasteiger partial charge in [-0.2, -0.15) is 0 Å². The Morgan fingerprint density at radius 1 is 1.50 bits per heavy atom. The Balaban J connectivity index is 3.12. The summed E-state index contributed by atoms with van der Waals surface area (Å²) in [6.45, 7) is 3.65. The molecule has 0 aromatic heterocycles. The van der Waals surface area contributed by atoms with Crippen molar-refractivity contribution in [3.8, 4) is 0 Å². The van der Waals surface area contributed by atoms with Crippen LogP contribution < -0.4 is 0 Å². The Labute approximate surface area is 82.3 Å². The predicted octanol–water partition coefficient (Wildman–Crippen LogP) is 1.86. The first-order valence-electron chi connectivity index (χ1n) is 4.33. The van der Waals surface area contributed by atoms with E-state index in [-0.39, 0.29) is 12.3 Å². The molecule has 4 nitrogen and oxygen atoms in total. The van der Waals surface area contributed by atoms with E-state index in [1.165, 1.54) is 12.1 Å². The summed E-state index contributed by atoms with van der Waals surface area (Å²) < 4.78 is 0. The van der Waals surface area contributed by atoms with Crippen molar-refractivity contribution in [2.24, 2.45) is 0 Å². The van der Waals surface area contributed by atoms with Crippen molar-refractivity contribution < 1.29 is 10.0 Å². The Bertz CT molecular complexity index is 347. The minimum Gasteiger partial charge on any atom is -0.395 e. The van der Waals surface area contributed by atoms with Crippen LogP contribution in [-0.2, 0) is 5.41 Å². The lowest BCUT2D eigenvalue weighted by Crippen LogP contribution is -2.21. The summed E-state index contributed by atoms with van der Waals surface area (Å²) in [6, 6.07) is 6.35. The van der Waals surface area contributed by atoms with Crippen LogP contribution in [-0.4, -0.2) is 16.6 Å². The highest BCUT2D eigenvalue weighted by Gasteiger charge is 2.21. The van der Waals surface area contributed by atoms with Crippen molar-refractivity contribution in [1.82, 2.24) is 0 Å². The van der Waals surface area contributed by atoms with Gasteiger partial charge in [0.05, 0.1) is 11.5 Å². The van der Waals surface area contributed by atoms with Gasteiger partial charge in [0, 0.05) is 17.5 Å². The van der Waals surface area contributed by atoms with Crippen LogP contribution in [0.1, 0.15) is 19.4 Å². The Morgan fingerprint density at radius 3 is 2.64 bits per heavy atom. The quantitative estimate of drug-likeness (QED) is 0.591. The minimum absolute atomic E-state index is 0.0336. The number of non-ortho nitro benzene ring substituents is 1. The van der Waals surface area contributed by atoms with E-state index in [0.29, 0.717) is 0 Å². The molecule has 4 heteroatoms. The standard InChI is InChI=1S/C10H13NO3/c1-10(2,7-12)8-4-3-5-9(6-8)11(13)14/h3-6,12H,7H2,1-2H3. The fraction of sp³-hybridized carbons (Fsp3) is 0.400. The highest BCUT2D eigenvalue weighted by molar-refractivity contribution is 5.37. The second-order valence-electron chi connectivity index (χ2n) is 3.85. The van der Waals surface area contributed by atoms with E-state index in [1.54, 1.807) is 12.1 Å². The van der Waals surface area contributed by atoms with Gasteiger partial charge in [0.2, 0.25) is 0 Å². The molecule has 0 aliphatic rings. The monoisotopic (exact) mass is 195 g/mol. The fourth-order valence-electron chi connectivity index (χ4n) is 1.13. The summed E-state index contributed by atoms with van der Waals surface area (Å²) in [7, 11) is 0. The van der Waals surface area contributed by atoms with Crippen molar-refractivity contribution in [3.05, 3.63) is 39.9 Å². The average Bonchev–Trinajstić information content (AvgIpc) is 2.18. The number of hydrogen-bond acceptors (Lipinski definition) is 3. The third-order valence-corrected chi connectivity index (χ3v) is 2.23. The number of rotatable bonds is 3. The van der Waals surface area contributed by atoms with Gasteiger partial charge < -0.3 is 5.11 Å². The molecule has 1 aromatic rings. The molecule has 0 radical (unpaired) electrons. The molecule has 1 rings (SSSR count). The first-order valence-corrected chi connectivity index (χ1v) is 4.33. The number of nitro benzene ring substituents is 1. The van der Waals surface area contributed by atoms with Crippen molar-refractivity contribution in [3.63, 3.8) is 0 Å². The predicted molar refractivity (Wildman–Crippen MR) is 53.2 cm³/mol. The second-order valence-corrected chi connectivity index (χ2v) is 3.85. The summed E-state index contributed by atoms with van der Waals surface area (Å²) in [5, 5.41) is 19.6. The lowest BCUT2D eigenvalue weighted by atomic mass is 9.85. The van der Waals surface area contributed by atoms with E-state index in [0.717, 1.165) is 5.56 Å². The van der Waals surface area contributed by atoms with Crippen LogP contribution in [0.2, 0.25) is 0 Å². The van der Waals surface area contributed by atoms with Gasteiger partial charge in [-0.25, -0.2) is 0 Å². The molecule has 0 aliphatic carbocycles. The molecule has 0 saturated carbocycles. The highest BCUT2D eigenvalue weighted by atomic mass is 16.6. The van der Waals surface area contributed by atoms with Gasteiger partial charge in [0.25, 0.3) is 5.69 Å². The van der Waals surface area contributed by atoms with Crippen LogP contribution in [0.25, 0.3) is 0 Å². The summed E-state index contributed by atoms with van der Waals surface area (Å²) in [5.41, 5.74) is 0.393. The number of hydrogen-bond donors (Lipinski definition) is 1. The molecule has 0 unspecified atom stereocenters. The van der Waals surface area contributed by atoms with Gasteiger partial charge in [-0.05, 0) is 5.56 Å². The average molecular weight is 195 g/mol. The van der Waals surface area contributed by atoms with E-state index in [2.05, 4.69) is 0 Å².